The fourth-order valence-electron chi connectivity index (χ4n) is 0.845. The van der Waals surface area contributed by atoms with Crippen molar-refractivity contribution in [3.8, 4) is 0 Å². The number of hydrogen-bond acceptors (Lipinski definition) is 2. The Kier molecular flexibility index (Phi) is 4.59. The van der Waals surface area contributed by atoms with Crippen LogP contribution in [0.4, 0.5) is 0 Å². The molecular weight excluding hydrogens is 176 g/mol. The molecule has 0 atom stereocenters. The third-order valence-electron chi connectivity index (χ3n) is 1.71. The van der Waals surface area contributed by atoms with Crippen LogP contribution in [0.15, 0.2) is 0 Å². The Labute approximate surface area is 87.6 Å². The van der Waals surface area contributed by atoms with Crippen LogP contribution in [0.1, 0.15) is 41.5 Å². The molecule has 14 heavy (non-hydrogen) atoms. The minimum Gasteiger partial charge on any atom is -0.343 e. The molecule has 0 aliphatic carbocycles. The monoisotopic (exact) mass is 200 g/mol. The molecule has 0 aromatic rings. The molecule has 0 bridgehead atoms. The maximum atomic E-state index is 11.4. The van der Waals surface area contributed by atoms with Gasteiger partial charge in [0.1, 0.15) is 0 Å². The number of carbonyl (C=O) groups is 1. The molecule has 3 heteroatoms. The summed E-state index contributed by atoms with van der Waals surface area (Å²) in [6, 6.07) is 0. The van der Waals surface area contributed by atoms with Gasteiger partial charge < -0.3 is 5.32 Å². The molecule has 2 N–H and O–H groups in total. The number of amides is 1. The third-order valence-corrected chi connectivity index (χ3v) is 1.71. The number of nitrogens with one attached hydrogen (secondary N) is 2. The normalized spacial score (nSPS) is 12.7. The van der Waals surface area contributed by atoms with E-state index < -0.39 is 0 Å². The lowest BCUT2D eigenvalue weighted by Crippen LogP contribution is -2.42. The molecule has 0 aliphatic heterocycles. The Morgan fingerprint density at radius 2 is 1.57 bits per heavy atom. The van der Waals surface area contributed by atoms with Crippen molar-refractivity contribution in [1.82, 2.24) is 10.6 Å². The Balaban J connectivity index is 3.62. The van der Waals surface area contributed by atoms with Crippen molar-refractivity contribution in [2.45, 2.75) is 41.5 Å². The van der Waals surface area contributed by atoms with Gasteiger partial charge in [0, 0.05) is 12.0 Å². The molecule has 3 nitrogen and oxygen atoms in total. The summed E-state index contributed by atoms with van der Waals surface area (Å²) in [4.78, 5) is 11.4. The highest BCUT2D eigenvalue weighted by Gasteiger charge is 2.20. The summed E-state index contributed by atoms with van der Waals surface area (Å²) < 4.78 is 0. The number of rotatable bonds is 3. The summed E-state index contributed by atoms with van der Waals surface area (Å²) in [7, 11) is 0. The number of carbonyl (C=O) groups excluding carboxylic acids is 1. The Morgan fingerprint density at radius 1 is 1.07 bits per heavy atom. The van der Waals surface area contributed by atoms with Crippen molar-refractivity contribution in [3.63, 3.8) is 0 Å². The van der Waals surface area contributed by atoms with Gasteiger partial charge in [-0.1, -0.05) is 41.5 Å². The van der Waals surface area contributed by atoms with E-state index in [9.17, 15) is 4.79 Å². The molecule has 0 aromatic carbocycles. The van der Waals surface area contributed by atoms with E-state index in [1.807, 2.05) is 20.8 Å². The SMILES string of the molecule is CC(C)(C)CNCNC(=O)C(C)(C)C. The summed E-state index contributed by atoms with van der Waals surface area (Å²) in [5.74, 6) is 0.0823. The van der Waals surface area contributed by atoms with E-state index in [-0.39, 0.29) is 16.7 Å². The van der Waals surface area contributed by atoms with Crippen molar-refractivity contribution < 1.29 is 4.79 Å². The lowest BCUT2D eigenvalue weighted by atomic mass is 9.96. The van der Waals surface area contributed by atoms with Gasteiger partial charge in [0.2, 0.25) is 5.91 Å². The van der Waals surface area contributed by atoms with Crippen LogP contribution in [0.3, 0.4) is 0 Å². The zero-order valence-electron chi connectivity index (χ0n) is 10.3. The molecule has 1 amide bonds. The molecule has 0 unspecified atom stereocenters. The summed E-state index contributed by atoms with van der Waals surface area (Å²) in [5, 5.41) is 6.04. The molecule has 0 aromatic heterocycles. The lowest BCUT2D eigenvalue weighted by molar-refractivity contribution is -0.128. The molecule has 0 spiro atoms. The van der Waals surface area contributed by atoms with Gasteiger partial charge in [-0.3, -0.25) is 10.1 Å². The first kappa shape index (κ1) is 13.4. The molecule has 0 saturated carbocycles. The molecule has 0 aliphatic rings. The molecule has 0 fully saturated rings. The van der Waals surface area contributed by atoms with Crippen molar-refractivity contribution in [2.24, 2.45) is 10.8 Å². The minimum absolute atomic E-state index is 0.0823. The zero-order valence-corrected chi connectivity index (χ0v) is 10.3. The second-order valence-corrected chi connectivity index (χ2v) is 5.92. The maximum Gasteiger partial charge on any atom is 0.226 e. The highest BCUT2D eigenvalue weighted by atomic mass is 16.2. The van der Waals surface area contributed by atoms with E-state index in [4.69, 9.17) is 0 Å². The first-order valence-corrected chi connectivity index (χ1v) is 5.12. The molecule has 0 rings (SSSR count). The van der Waals surface area contributed by atoms with Crippen LogP contribution in [0.25, 0.3) is 0 Å². The van der Waals surface area contributed by atoms with Gasteiger partial charge in [-0.2, -0.15) is 0 Å². The minimum atomic E-state index is -0.302. The van der Waals surface area contributed by atoms with Crippen molar-refractivity contribution in [1.29, 1.82) is 0 Å². The third kappa shape index (κ3) is 6.89. The van der Waals surface area contributed by atoms with Gasteiger partial charge in [0.15, 0.2) is 0 Å². The summed E-state index contributed by atoms with van der Waals surface area (Å²) in [6.45, 7) is 13.7. The van der Waals surface area contributed by atoms with Crippen molar-refractivity contribution in [2.75, 3.05) is 13.2 Å². The van der Waals surface area contributed by atoms with Crippen molar-refractivity contribution >= 4 is 5.91 Å². The first-order chi connectivity index (χ1) is 6.13. The van der Waals surface area contributed by atoms with Gasteiger partial charge in [-0.05, 0) is 5.41 Å². The van der Waals surface area contributed by atoms with Crippen LogP contribution in [-0.2, 0) is 4.79 Å². The van der Waals surface area contributed by atoms with Crippen LogP contribution in [0.5, 0.6) is 0 Å². The summed E-state index contributed by atoms with van der Waals surface area (Å²) in [5.41, 5.74) is -0.0458. The van der Waals surface area contributed by atoms with Gasteiger partial charge >= 0.3 is 0 Å². The molecular formula is C11H24N2O. The van der Waals surface area contributed by atoms with Crippen molar-refractivity contribution in [3.05, 3.63) is 0 Å². The van der Waals surface area contributed by atoms with E-state index in [2.05, 4.69) is 31.4 Å². The predicted octanol–water partition coefficient (Wildman–Crippen LogP) is 1.74. The largest absolute Gasteiger partial charge is 0.343 e. The Bertz CT molecular complexity index is 186. The molecule has 84 valence electrons. The van der Waals surface area contributed by atoms with E-state index in [0.29, 0.717) is 6.67 Å². The predicted molar refractivity (Wildman–Crippen MR) is 59.9 cm³/mol. The average molecular weight is 200 g/mol. The molecule has 0 saturated heterocycles. The van der Waals surface area contributed by atoms with E-state index >= 15 is 0 Å². The quantitative estimate of drug-likeness (QED) is 0.538. The van der Waals surface area contributed by atoms with Gasteiger partial charge in [-0.15, -0.1) is 0 Å². The molecule has 0 heterocycles. The van der Waals surface area contributed by atoms with Gasteiger partial charge in [0.25, 0.3) is 0 Å². The Hall–Kier alpha value is -0.570. The lowest BCUT2D eigenvalue weighted by Gasteiger charge is -2.21. The first-order valence-electron chi connectivity index (χ1n) is 5.12. The topological polar surface area (TPSA) is 41.1 Å². The Morgan fingerprint density at radius 3 is 1.93 bits per heavy atom. The van der Waals surface area contributed by atoms with Gasteiger partial charge in [-0.25, -0.2) is 0 Å². The fraction of sp³-hybridized carbons (Fsp3) is 0.909. The van der Waals surface area contributed by atoms with Crippen LogP contribution < -0.4 is 10.6 Å². The maximum absolute atomic E-state index is 11.4. The molecule has 0 radical (unpaired) electrons. The highest BCUT2D eigenvalue weighted by Crippen LogP contribution is 2.12. The van der Waals surface area contributed by atoms with E-state index in [1.54, 1.807) is 0 Å². The van der Waals surface area contributed by atoms with Crippen LogP contribution >= 0.6 is 0 Å². The standard InChI is InChI=1S/C11H24N2O/c1-10(2,3)7-12-8-13-9(14)11(4,5)6/h12H,7-8H2,1-6H3,(H,13,14). The second-order valence-electron chi connectivity index (χ2n) is 5.92. The van der Waals surface area contributed by atoms with E-state index in [1.165, 1.54) is 0 Å². The van der Waals surface area contributed by atoms with Crippen LogP contribution in [-0.4, -0.2) is 19.1 Å². The zero-order chi connectivity index (χ0) is 11.4. The summed E-state index contributed by atoms with van der Waals surface area (Å²) >= 11 is 0. The second kappa shape index (κ2) is 4.78. The highest BCUT2D eigenvalue weighted by molar-refractivity contribution is 5.81. The summed E-state index contributed by atoms with van der Waals surface area (Å²) in [6.07, 6.45) is 0. The van der Waals surface area contributed by atoms with E-state index in [0.717, 1.165) is 6.54 Å². The smallest absolute Gasteiger partial charge is 0.226 e. The number of hydrogen-bond donors (Lipinski definition) is 2. The van der Waals surface area contributed by atoms with Crippen LogP contribution in [0, 0.1) is 10.8 Å². The average Bonchev–Trinajstić information content (AvgIpc) is 1.93. The van der Waals surface area contributed by atoms with Gasteiger partial charge in [0.05, 0.1) is 6.67 Å². The van der Waals surface area contributed by atoms with Crippen LogP contribution in [0.2, 0.25) is 0 Å². The fourth-order valence-corrected chi connectivity index (χ4v) is 0.845.